The number of thiophene rings is 1. The van der Waals surface area contributed by atoms with E-state index in [-0.39, 0.29) is 6.04 Å². The first-order chi connectivity index (χ1) is 6.65. The van der Waals surface area contributed by atoms with E-state index in [9.17, 15) is 0 Å². The van der Waals surface area contributed by atoms with Gasteiger partial charge < -0.3 is 5.73 Å². The third kappa shape index (κ3) is 3.26. The third-order valence-electron chi connectivity index (χ3n) is 2.42. The normalized spacial score (nSPS) is 15.4. The summed E-state index contributed by atoms with van der Waals surface area (Å²) >= 11 is 7.69. The van der Waals surface area contributed by atoms with Gasteiger partial charge in [0.15, 0.2) is 0 Å². The Morgan fingerprint density at radius 2 is 2.29 bits per heavy atom. The molecule has 2 unspecified atom stereocenters. The van der Waals surface area contributed by atoms with Crippen LogP contribution in [0.15, 0.2) is 11.4 Å². The summed E-state index contributed by atoms with van der Waals surface area (Å²) in [4.78, 5) is 1.13. The van der Waals surface area contributed by atoms with Crippen LogP contribution < -0.4 is 5.73 Å². The summed E-state index contributed by atoms with van der Waals surface area (Å²) in [5, 5.41) is 2.83. The maximum atomic E-state index is 6.10. The molecule has 1 nitrogen and oxygen atoms in total. The van der Waals surface area contributed by atoms with Crippen molar-refractivity contribution >= 4 is 22.9 Å². The summed E-state index contributed by atoms with van der Waals surface area (Å²) in [7, 11) is 0. The van der Waals surface area contributed by atoms with Crippen molar-refractivity contribution in [2.45, 2.75) is 39.2 Å². The van der Waals surface area contributed by atoms with Crippen LogP contribution in [0.4, 0.5) is 0 Å². The first-order valence-corrected chi connectivity index (χ1v) is 6.39. The van der Waals surface area contributed by atoms with Crippen molar-refractivity contribution in [1.82, 2.24) is 0 Å². The number of halogens is 1. The van der Waals surface area contributed by atoms with E-state index in [1.807, 2.05) is 11.4 Å². The smallest absolute Gasteiger partial charge is 0.0561 e. The second-order valence-corrected chi connectivity index (χ2v) is 5.22. The highest BCUT2D eigenvalue weighted by molar-refractivity contribution is 7.10. The lowest BCUT2D eigenvalue weighted by Crippen LogP contribution is -2.13. The van der Waals surface area contributed by atoms with Crippen molar-refractivity contribution in [3.8, 4) is 0 Å². The molecule has 2 N–H and O–H groups in total. The SMILES string of the molecule is CCCC(C)CC(N)c1sccc1Cl. The molecule has 2 atom stereocenters. The summed E-state index contributed by atoms with van der Waals surface area (Å²) < 4.78 is 0. The lowest BCUT2D eigenvalue weighted by atomic mass is 9.97. The van der Waals surface area contributed by atoms with E-state index in [4.69, 9.17) is 17.3 Å². The maximum absolute atomic E-state index is 6.10. The molecule has 0 radical (unpaired) electrons. The number of nitrogens with two attached hydrogens (primary N) is 1. The van der Waals surface area contributed by atoms with Crippen LogP contribution in [0.25, 0.3) is 0 Å². The van der Waals surface area contributed by atoms with E-state index in [1.165, 1.54) is 12.8 Å². The summed E-state index contributed by atoms with van der Waals surface area (Å²) in [6, 6.07) is 2.04. The van der Waals surface area contributed by atoms with Crippen molar-refractivity contribution < 1.29 is 0 Å². The lowest BCUT2D eigenvalue weighted by molar-refractivity contribution is 0.443. The zero-order valence-corrected chi connectivity index (χ0v) is 10.4. The minimum Gasteiger partial charge on any atom is -0.323 e. The molecular weight excluding hydrogens is 214 g/mol. The van der Waals surface area contributed by atoms with Gasteiger partial charge in [0.25, 0.3) is 0 Å². The minimum atomic E-state index is 0.115. The highest BCUT2D eigenvalue weighted by Crippen LogP contribution is 2.31. The molecule has 1 rings (SSSR count). The second kappa shape index (κ2) is 5.74. The number of hydrogen-bond donors (Lipinski definition) is 1. The van der Waals surface area contributed by atoms with Crippen molar-refractivity contribution in [2.24, 2.45) is 11.7 Å². The van der Waals surface area contributed by atoms with Crippen LogP contribution >= 0.6 is 22.9 Å². The summed E-state index contributed by atoms with van der Waals surface area (Å²) in [5.41, 5.74) is 6.10. The molecule has 3 heteroatoms. The molecule has 0 aliphatic rings. The van der Waals surface area contributed by atoms with Gasteiger partial charge in [-0.25, -0.2) is 0 Å². The molecule has 1 aromatic rings. The van der Waals surface area contributed by atoms with Crippen molar-refractivity contribution in [1.29, 1.82) is 0 Å². The summed E-state index contributed by atoms with van der Waals surface area (Å²) in [6.07, 6.45) is 3.51. The van der Waals surface area contributed by atoms with Crippen molar-refractivity contribution in [3.05, 3.63) is 21.3 Å². The number of rotatable bonds is 5. The molecule has 0 aliphatic carbocycles. The summed E-state index contributed by atoms with van der Waals surface area (Å²) in [5.74, 6) is 0.688. The van der Waals surface area contributed by atoms with Crippen LogP contribution in [-0.4, -0.2) is 0 Å². The highest BCUT2D eigenvalue weighted by Gasteiger charge is 2.14. The Morgan fingerprint density at radius 1 is 1.57 bits per heavy atom. The third-order valence-corrected chi connectivity index (χ3v) is 3.91. The van der Waals surface area contributed by atoms with E-state index in [1.54, 1.807) is 11.3 Å². The van der Waals surface area contributed by atoms with Gasteiger partial charge in [0, 0.05) is 10.9 Å². The van der Waals surface area contributed by atoms with Gasteiger partial charge in [-0.2, -0.15) is 0 Å². The van der Waals surface area contributed by atoms with Gasteiger partial charge in [-0.3, -0.25) is 0 Å². The zero-order chi connectivity index (χ0) is 10.6. The monoisotopic (exact) mass is 231 g/mol. The highest BCUT2D eigenvalue weighted by atomic mass is 35.5. The van der Waals surface area contributed by atoms with Crippen LogP contribution in [0.5, 0.6) is 0 Å². The van der Waals surface area contributed by atoms with Gasteiger partial charge in [-0.15, -0.1) is 11.3 Å². The Balaban J connectivity index is 2.50. The van der Waals surface area contributed by atoms with Gasteiger partial charge in [-0.1, -0.05) is 38.3 Å². The first kappa shape index (κ1) is 12.0. The molecule has 0 saturated heterocycles. The first-order valence-electron chi connectivity index (χ1n) is 5.13. The molecule has 0 spiro atoms. The van der Waals surface area contributed by atoms with E-state index in [0.29, 0.717) is 5.92 Å². The molecule has 1 aromatic heterocycles. The van der Waals surface area contributed by atoms with Crippen molar-refractivity contribution in [2.75, 3.05) is 0 Å². The Labute approximate surface area is 95.3 Å². The minimum absolute atomic E-state index is 0.115. The molecule has 0 aromatic carbocycles. The van der Waals surface area contributed by atoms with E-state index in [0.717, 1.165) is 16.3 Å². The Bertz CT molecular complexity index is 272. The van der Waals surface area contributed by atoms with Gasteiger partial charge in [-0.05, 0) is 23.8 Å². The predicted octanol–water partition coefficient (Wildman–Crippen LogP) is 4.23. The molecule has 14 heavy (non-hydrogen) atoms. The average Bonchev–Trinajstić information content (AvgIpc) is 2.51. The van der Waals surface area contributed by atoms with Gasteiger partial charge >= 0.3 is 0 Å². The Hall–Kier alpha value is -0.0500. The fraction of sp³-hybridized carbons (Fsp3) is 0.636. The van der Waals surface area contributed by atoms with Crippen molar-refractivity contribution in [3.63, 3.8) is 0 Å². The molecule has 0 aliphatic heterocycles. The Morgan fingerprint density at radius 3 is 2.79 bits per heavy atom. The van der Waals surface area contributed by atoms with Crippen LogP contribution in [0.3, 0.4) is 0 Å². The standard InChI is InChI=1S/C11H18ClNS/c1-3-4-8(2)7-10(13)11-9(12)5-6-14-11/h5-6,8,10H,3-4,7,13H2,1-2H3. The largest absolute Gasteiger partial charge is 0.323 e. The predicted molar refractivity (Wildman–Crippen MR) is 64.9 cm³/mol. The van der Waals surface area contributed by atoms with Crippen LogP contribution in [-0.2, 0) is 0 Å². The van der Waals surface area contributed by atoms with Crippen LogP contribution in [0, 0.1) is 5.92 Å². The molecule has 0 amide bonds. The summed E-state index contributed by atoms with van der Waals surface area (Å²) in [6.45, 7) is 4.46. The average molecular weight is 232 g/mol. The van der Waals surface area contributed by atoms with Gasteiger partial charge in [0.05, 0.1) is 5.02 Å². The quantitative estimate of drug-likeness (QED) is 0.807. The van der Waals surface area contributed by atoms with Crippen LogP contribution in [0.2, 0.25) is 5.02 Å². The van der Waals surface area contributed by atoms with Gasteiger partial charge in [0.2, 0.25) is 0 Å². The molecule has 1 heterocycles. The molecule has 0 saturated carbocycles. The van der Waals surface area contributed by atoms with E-state index >= 15 is 0 Å². The van der Waals surface area contributed by atoms with Gasteiger partial charge in [0.1, 0.15) is 0 Å². The maximum Gasteiger partial charge on any atom is 0.0561 e. The molecule has 0 fully saturated rings. The zero-order valence-electron chi connectivity index (χ0n) is 8.79. The fourth-order valence-corrected chi connectivity index (χ4v) is 2.94. The number of hydrogen-bond acceptors (Lipinski definition) is 2. The second-order valence-electron chi connectivity index (χ2n) is 3.87. The van der Waals surface area contributed by atoms with E-state index in [2.05, 4.69) is 13.8 Å². The fourth-order valence-electron chi connectivity index (χ4n) is 1.72. The van der Waals surface area contributed by atoms with E-state index < -0.39 is 0 Å². The molecule has 0 bridgehead atoms. The Kier molecular flexibility index (Phi) is 4.93. The topological polar surface area (TPSA) is 26.0 Å². The molecule has 80 valence electrons. The molecular formula is C11H18ClNS. The van der Waals surface area contributed by atoms with Crippen LogP contribution in [0.1, 0.15) is 44.0 Å². The lowest BCUT2D eigenvalue weighted by Gasteiger charge is -2.15.